The molecule has 0 aliphatic carbocycles. The molecule has 0 saturated carbocycles. The monoisotopic (exact) mass is 297 g/mol. The van der Waals surface area contributed by atoms with Crippen molar-refractivity contribution in [2.75, 3.05) is 0 Å². The van der Waals surface area contributed by atoms with E-state index >= 15 is 0 Å². The van der Waals surface area contributed by atoms with Crippen molar-refractivity contribution in [3.05, 3.63) is 62.2 Å². The van der Waals surface area contributed by atoms with Gasteiger partial charge < -0.3 is 4.98 Å². The molecule has 3 rings (SSSR count). The van der Waals surface area contributed by atoms with E-state index in [0.717, 1.165) is 18.5 Å². The third-order valence-electron chi connectivity index (χ3n) is 3.95. The molecule has 5 nitrogen and oxygen atoms in total. The molecule has 0 radical (unpaired) electrons. The van der Waals surface area contributed by atoms with Crippen LogP contribution in [0.15, 0.2) is 39.9 Å². The Morgan fingerprint density at radius 1 is 1.14 bits per heavy atom. The number of hydrogen-bond acceptors (Lipinski definition) is 2. The van der Waals surface area contributed by atoms with Crippen LogP contribution in [0.3, 0.4) is 0 Å². The molecule has 0 unspecified atom stereocenters. The molecule has 0 aliphatic rings. The van der Waals surface area contributed by atoms with E-state index in [-0.39, 0.29) is 16.4 Å². The Hall–Kier alpha value is -2.56. The highest BCUT2D eigenvalue weighted by Crippen LogP contribution is 2.11. The summed E-state index contributed by atoms with van der Waals surface area (Å²) in [4.78, 5) is 28.4. The zero-order chi connectivity index (χ0) is 15.7. The summed E-state index contributed by atoms with van der Waals surface area (Å²) in [5.74, 6) is 0. The molecule has 0 spiro atoms. The molecule has 5 heteroatoms. The third kappa shape index (κ3) is 2.28. The summed E-state index contributed by atoms with van der Waals surface area (Å²) in [5.41, 5.74) is 2.27. The van der Waals surface area contributed by atoms with Gasteiger partial charge in [0.05, 0.1) is 5.69 Å². The molecule has 22 heavy (non-hydrogen) atoms. The van der Waals surface area contributed by atoms with Crippen molar-refractivity contribution in [3.63, 3.8) is 0 Å². The molecule has 3 aromatic rings. The lowest BCUT2D eigenvalue weighted by molar-refractivity contribution is 0.784. The third-order valence-corrected chi connectivity index (χ3v) is 3.95. The lowest BCUT2D eigenvalue weighted by atomic mass is 10.1. The Morgan fingerprint density at radius 3 is 2.55 bits per heavy atom. The van der Waals surface area contributed by atoms with E-state index in [2.05, 4.69) is 17.0 Å². The van der Waals surface area contributed by atoms with Crippen molar-refractivity contribution in [2.45, 2.75) is 33.1 Å². The van der Waals surface area contributed by atoms with Gasteiger partial charge in [0.2, 0.25) is 0 Å². The lowest BCUT2D eigenvalue weighted by Crippen LogP contribution is -2.21. The van der Waals surface area contributed by atoms with Crippen LogP contribution < -0.4 is 11.0 Å². The largest absolute Gasteiger partial charge is 0.343 e. The van der Waals surface area contributed by atoms with Gasteiger partial charge in [-0.2, -0.15) is 0 Å². The van der Waals surface area contributed by atoms with Crippen LogP contribution >= 0.6 is 0 Å². The van der Waals surface area contributed by atoms with Crippen LogP contribution in [0.2, 0.25) is 0 Å². The SMILES string of the molecule is CCCCc1c(C)[nH]c2[nH]n(-c3ccccc3)c(=O)c2c1=O. The highest BCUT2D eigenvalue weighted by Gasteiger charge is 2.16. The number of aromatic nitrogens is 3. The normalized spacial score (nSPS) is 11.2. The minimum absolute atomic E-state index is 0.157. The van der Waals surface area contributed by atoms with Crippen LogP contribution in [0.1, 0.15) is 31.0 Å². The molecule has 2 heterocycles. The molecule has 2 aromatic heterocycles. The summed E-state index contributed by atoms with van der Waals surface area (Å²) in [7, 11) is 0. The molecule has 0 fully saturated rings. The predicted molar refractivity (Wildman–Crippen MR) is 87.9 cm³/mol. The molecule has 0 aliphatic heterocycles. The summed E-state index contributed by atoms with van der Waals surface area (Å²) < 4.78 is 1.41. The standard InChI is InChI=1S/C17H19N3O2/c1-3-4-10-13-11(2)18-16-14(15(13)21)17(22)20(19-16)12-8-6-5-7-9-12/h5-9H,3-4,10H2,1-2H3,(H2,18,19,21). The molecule has 114 valence electrons. The Bertz CT molecular complexity index is 917. The van der Waals surface area contributed by atoms with Gasteiger partial charge in [0, 0.05) is 11.3 Å². The van der Waals surface area contributed by atoms with Gasteiger partial charge in [0.1, 0.15) is 11.0 Å². The Labute approximate surface area is 127 Å². The second-order valence-corrected chi connectivity index (χ2v) is 5.50. The number of fused-ring (bicyclic) bond motifs is 1. The van der Waals surface area contributed by atoms with Crippen molar-refractivity contribution < 1.29 is 0 Å². The second kappa shape index (κ2) is 5.67. The summed E-state index contributed by atoms with van der Waals surface area (Å²) >= 11 is 0. The number of aryl methyl sites for hydroxylation is 1. The van der Waals surface area contributed by atoms with Gasteiger partial charge in [-0.25, -0.2) is 4.68 Å². The number of H-pyrrole nitrogens is 2. The average Bonchev–Trinajstić information content (AvgIpc) is 2.85. The first-order valence-corrected chi connectivity index (χ1v) is 7.55. The second-order valence-electron chi connectivity index (χ2n) is 5.50. The first kappa shape index (κ1) is 14.4. The highest BCUT2D eigenvalue weighted by molar-refractivity contribution is 5.75. The molecule has 0 atom stereocenters. The smallest absolute Gasteiger partial charge is 0.284 e. The van der Waals surface area contributed by atoms with E-state index in [0.29, 0.717) is 23.3 Å². The number of unbranched alkanes of at least 4 members (excludes halogenated alkanes) is 1. The fraction of sp³-hybridized carbons (Fsp3) is 0.294. The van der Waals surface area contributed by atoms with Gasteiger partial charge in [-0.3, -0.25) is 14.7 Å². The summed E-state index contributed by atoms with van der Waals surface area (Å²) in [6.07, 6.45) is 2.65. The van der Waals surface area contributed by atoms with Crippen molar-refractivity contribution in [1.82, 2.24) is 14.8 Å². The van der Waals surface area contributed by atoms with Gasteiger partial charge in [-0.05, 0) is 31.9 Å². The molecule has 0 amide bonds. The van der Waals surface area contributed by atoms with E-state index in [9.17, 15) is 9.59 Å². The van der Waals surface area contributed by atoms with Crippen molar-refractivity contribution in [2.24, 2.45) is 0 Å². The number of para-hydroxylation sites is 1. The van der Waals surface area contributed by atoms with Crippen LogP contribution in [-0.2, 0) is 6.42 Å². The Balaban J connectivity index is 2.26. The van der Waals surface area contributed by atoms with E-state index in [4.69, 9.17) is 0 Å². The Morgan fingerprint density at radius 2 is 1.86 bits per heavy atom. The molecule has 2 N–H and O–H groups in total. The molecule has 1 aromatic carbocycles. The number of benzene rings is 1. The number of hydrogen-bond donors (Lipinski definition) is 2. The van der Waals surface area contributed by atoms with Crippen LogP contribution in [0.5, 0.6) is 0 Å². The molecule has 0 bridgehead atoms. The summed E-state index contributed by atoms with van der Waals surface area (Å²) in [6.45, 7) is 3.96. The predicted octanol–water partition coefficient (Wildman–Crippen LogP) is 2.66. The number of nitrogens with one attached hydrogen (secondary N) is 2. The van der Waals surface area contributed by atoms with Gasteiger partial charge in [-0.15, -0.1) is 0 Å². The zero-order valence-corrected chi connectivity index (χ0v) is 12.8. The van der Waals surface area contributed by atoms with Crippen LogP contribution in [0.4, 0.5) is 0 Å². The van der Waals surface area contributed by atoms with E-state index < -0.39 is 0 Å². The van der Waals surface area contributed by atoms with Crippen LogP contribution in [-0.4, -0.2) is 14.8 Å². The minimum atomic E-state index is -0.305. The van der Waals surface area contributed by atoms with Crippen molar-refractivity contribution >= 4 is 11.0 Å². The van der Waals surface area contributed by atoms with Crippen molar-refractivity contribution in [3.8, 4) is 5.69 Å². The average molecular weight is 297 g/mol. The van der Waals surface area contributed by atoms with Gasteiger partial charge in [0.25, 0.3) is 5.56 Å². The first-order valence-electron chi connectivity index (χ1n) is 7.55. The fourth-order valence-corrected chi connectivity index (χ4v) is 2.74. The topological polar surface area (TPSA) is 70.7 Å². The van der Waals surface area contributed by atoms with Gasteiger partial charge >= 0.3 is 0 Å². The highest BCUT2D eigenvalue weighted by atomic mass is 16.1. The maximum absolute atomic E-state index is 12.7. The summed E-state index contributed by atoms with van der Waals surface area (Å²) in [5, 5.41) is 3.20. The molecular weight excluding hydrogens is 278 g/mol. The first-order chi connectivity index (χ1) is 10.6. The van der Waals surface area contributed by atoms with Crippen LogP contribution in [0.25, 0.3) is 16.7 Å². The minimum Gasteiger partial charge on any atom is -0.343 e. The van der Waals surface area contributed by atoms with Gasteiger partial charge in [-0.1, -0.05) is 31.5 Å². The van der Waals surface area contributed by atoms with Gasteiger partial charge in [0.15, 0.2) is 5.43 Å². The van der Waals surface area contributed by atoms with E-state index in [1.165, 1.54) is 4.68 Å². The number of aromatic amines is 2. The van der Waals surface area contributed by atoms with E-state index in [1.807, 2.05) is 37.3 Å². The van der Waals surface area contributed by atoms with Crippen LogP contribution in [0, 0.1) is 6.92 Å². The Kier molecular flexibility index (Phi) is 3.71. The number of nitrogens with zero attached hydrogens (tertiary/aromatic N) is 1. The van der Waals surface area contributed by atoms with Crippen molar-refractivity contribution in [1.29, 1.82) is 0 Å². The maximum atomic E-state index is 12.7. The zero-order valence-electron chi connectivity index (χ0n) is 12.8. The summed E-state index contributed by atoms with van der Waals surface area (Å²) in [6, 6.07) is 9.24. The maximum Gasteiger partial charge on any atom is 0.284 e. The quantitative estimate of drug-likeness (QED) is 0.777. The van der Waals surface area contributed by atoms with E-state index in [1.54, 1.807) is 0 Å². The molecule has 0 saturated heterocycles. The number of pyridine rings is 1. The fourth-order valence-electron chi connectivity index (χ4n) is 2.74. The lowest BCUT2D eigenvalue weighted by Gasteiger charge is -2.04. The number of rotatable bonds is 4. The molecular formula is C17H19N3O2.